The van der Waals surface area contributed by atoms with E-state index in [1.54, 1.807) is 49.6 Å². The summed E-state index contributed by atoms with van der Waals surface area (Å²) in [6.07, 6.45) is 4.06. The van der Waals surface area contributed by atoms with Crippen LogP contribution in [-0.2, 0) is 16.0 Å². The third kappa shape index (κ3) is 8.39. The van der Waals surface area contributed by atoms with Crippen LogP contribution in [0.2, 0.25) is 10.0 Å². The highest BCUT2D eigenvalue weighted by molar-refractivity contribution is 6.42. The van der Waals surface area contributed by atoms with E-state index in [0.717, 1.165) is 22.5 Å². The molecule has 9 nitrogen and oxygen atoms in total. The maximum Gasteiger partial charge on any atom is 0.256 e. The number of benzene rings is 2. The van der Waals surface area contributed by atoms with Crippen LogP contribution < -0.4 is 11.1 Å². The van der Waals surface area contributed by atoms with Crippen molar-refractivity contribution in [3.05, 3.63) is 99.9 Å². The van der Waals surface area contributed by atoms with Gasteiger partial charge in [-0.2, -0.15) is 5.10 Å². The minimum Gasteiger partial charge on any atom is -0.368 e. The van der Waals surface area contributed by atoms with Crippen LogP contribution in [0.5, 0.6) is 0 Å². The highest BCUT2D eigenvalue weighted by atomic mass is 35.5. The first kappa shape index (κ1) is 30.3. The third-order valence-corrected chi connectivity index (χ3v) is 6.77. The molecule has 0 aliphatic heterocycles. The minimum absolute atomic E-state index is 0.199. The third-order valence-electron chi connectivity index (χ3n) is 6.03. The summed E-state index contributed by atoms with van der Waals surface area (Å²) >= 11 is 11.3. The molecular weight excluding hydrogens is 551 g/mol. The van der Waals surface area contributed by atoms with Crippen LogP contribution in [0.1, 0.15) is 35.0 Å². The molecule has 40 heavy (non-hydrogen) atoms. The van der Waals surface area contributed by atoms with Gasteiger partial charge in [-0.3, -0.25) is 24.5 Å². The average Bonchev–Trinajstić information content (AvgIpc) is 3.43. The fraction of sp³-hybridized carbons (Fsp3) is 0.207. The second-order valence-corrected chi connectivity index (χ2v) is 9.84. The molecule has 4 N–H and O–H groups in total. The van der Waals surface area contributed by atoms with E-state index in [4.69, 9.17) is 28.9 Å². The van der Waals surface area contributed by atoms with Crippen molar-refractivity contribution in [2.45, 2.75) is 32.7 Å². The average molecular weight is 582 g/mol. The van der Waals surface area contributed by atoms with Crippen LogP contribution in [0.15, 0.2) is 73.1 Å². The van der Waals surface area contributed by atoms with E-state index in [1.165, 1.54) is 11.9 Å². The Morgan fingerprint density at radius 3 is 2.45 bits per heavy atom. The van der Waals surface area contributed by atoms with Crippen molar-refractivity contribution in [1.29, 1.82) is 0 Å². The predicted octanol–water partition coefficient (Wildman–Crippen LogP) is 5.29. The van der Waals surface area contributed by atoms with Crippen molar-refractivity contribution in [2.24, 2.45) is 5.73 Å². The number of primary amides is 1. The molecule has 3 amide bonds. The molecule has 1 atom stereocenters. The van der Waals surface area contributed by atoms with Gasteiger partial charge in [0.25, 0.3) is 5.91 Å². The summed E-state index contributed by atoms with van der Waals surface area (Å²) in [5, 5.41) is 11.2. The topological polar surface area (TPSA) is 134 Å². The molecular formula is C29H30Cl2N6O3. The number of hydrogen-bond donors (Lipinski definition) is 3. The lowest BCUT2D eigenvalue weighted by Gasteiger charge is -2.23. The lowest BCUT2D eigenvalue weighted by Crippen LogP contribution is -2.43. The summed E-state index contributed by atoms with van der Waals surface area (Å²) in [7, 11) is 1.49. The van der Waals surface area contributed by atoms with E-state index in [0.29, 0.717) is 22.2 Å². The maximum absolute atomic E-state index is 12.8. The Hall–Kier alpha value is -4.21. The molecule has 0 aliphatic rings. The number of aryl methyl sites for hydroxylation is 2. The molecule has 2 aromatic heterocycles. The summed E-state index contributed by atoms with van der Waals surface area (Å²) in [6, 6.07) is 17.0. The van der Waals surface area contributed by atoms with Crippen molar-refractivity contribution < 1.29 is 14.4 Å². The molecule has 11 heteroatoms. The van der Waals surface area contributed by atoms with Gasteiger partial charge in [-0.05, 0) is 68.3 Å². The number of pyridine rings is 1. The van der Waals surface area contributed by atoms with Crippen LogP contribution in [0.25, 0.3) is 11.3 Å². The van der Waals surface area contributed by atoms with Crippen molar-refractivity contribution >= 4 is 46.6 Å². The molecule has 0 bridgehead atoms. The van der Waals surface area contributed by atoms with Gasteiger partial charge in [-0.1, -0.05) is 41.4 Å². The predicted molar refractivity (Wildman–Crippen MR) is 157 cm³/mol. The molecule has 0 saturated heterocycles. The Balaban J connectivity index is 0.000000415. The molecule has 0 fully saturated rings. The monoisotopic (exact) mass is 580 g/mol. The number of carbonyl (C=O) groups excluding carboxylic acids is 3. The summed E-state index contributed by atoms with van der Waals surface area (Å²) in [5.74, 6) is -1.26. The largest absolute Gasteiger partial charge is 0.368 e. The molecule has 0 aliphatic carbocycles. The number of aromatic amines is 1. The number of nitrogens with two attached hydrogens (primary N) is 1. The first-order valence-electron chi connectivity index (χ1n) is 12.4. The van der Waals surface area contributed by atoms with Crippen molar-refractivity contribution in [3.63, 3.8) is 0 Å². The molecule has 2 heterocycles. The van der Waals surface area contributed by atoms with Gasteiger partial charge >= 0.3 is 0 Å². The van der Waals surface area contributed by atoms with Gasteiger partial charge in [0.2, 0.25) is 11.8 Å². The Kier molecular flexibility index (Phi) is 10.8. The van der Waals surface area contributed by atoms with Crippen LogP contribution in [0.3, 0.4) is 0 Å². The number of halogens is 2. The van der Waals surface area contributed by atoms with Crippen LogP contribution >= 0.6 is 23.2 Å². The van der Waals surface area contributed by atoms with Crippen LogP contribution in [0.4, 0.5) is 5.69 Å². The number of amides is 3. The molecule has 2 aromatic carbocycles. The second-order valence-electron chi connectivity index (χ2n) is 9.03. The Labute approximate surface area is 242 Å². The number of rotatable bonds is 8. The number of carbonyl (C=O) groups is 3. The van der Waals surface area contributed by atoms with E-state index < -0.39 is 17.9 Å². The van der Waals surface area contributed by atoms with Crippen LogP contribution in [0, 0.1) is 6.92 Å². The first-order valence-corrected chi connectivity index (χ1v) is 13.1. The SMILES string of the molecule is CC(C(N)=O)N(C)C(=O)c1ccccc1NC(=O)CCc1cc(-c2cccnc2)n[nH]1.Cc1ccc(Cl)c(Cl)c1. The fourth-order valence-corrected chi connectivity index (χ4v) is 3.90. The number of nitrogens with zero attached hydrogens (tertiary/aromatic N) is 3. The molecule has 1 unspecified atom stereocenters. The van der Waals surface area contributed by atoms with Gasteiger partial charge in [0.1, 0.15) is 6.04 Å². The lowest BCUT2D eigenvalue weighted by molar-refractivity contribution is -0.121. The van der Waals surface area contributed by atoms with Crippen molar-refractivity contribution in [2.75, 3.05) is 12.4 Å². The van der Waals surface area contributed by atoms with Crippen LogP contribution in [-0.4, -0.2) is 50.9 Å². The summed E-state index contributed by atoms with van der Waals surface area (Å²) in [4.78, 5) is 42.0. The number of anilines is 1. The normalized spacial score (nSPS) is 11.1. The first-order chi connectivity index (χ1) is 19.1. The number of H-pyrrole nitrogens is 1. The number of nitrogens with one attached hydrogen (secondary N) is 2. The van der Waals surface area contributed by atoms with E-state index in [1.807, 2.05) is 37.3 Å². The lowest BCUT2D eigenvalue weighted by atomic mass is 10.1. The number of para-hydroxylation sites is 1. The quantitative estimate of drug-likeness (QED) is 0.260. The Morgan fingerprint density at radius 2 is 1.80 bits per heavy atom. The standard InChI is InChI=1S/C22H24N6O3.C7H6Cl2/c1-14(21(23)30)28(2)22(31)17-7-3-4-8-18(17)25-20(29)10-9-16-12-19(27-26-16)15-6-5-11-24-13-15;1-5-2-3-6(8)7(9)4-5/h3-8,11-14H,9-10H2,1-2H3,(H2,23,30)(H,25,29)(H,26,27);2-4H,1H3. The van der Waals surface area contributed by atoms with E-state index in [2.05, 4.69) is 20.5 Å². The number of aromatic nitrogens is 3. The molecule has 0 spiro atoms. The minimum atomic E-state index is -0.773. The number of likely N-dealkylation sites (N-methyl/N-ethyl adjacent to an activating group) is 1. The van der Waals surface area contributed by atoms with Gasteiger partial charge in [-0.25, -0.2) is 0 Å². The van der Waals surface area contributed by atoms with Gasteiger partial charge in [-0.15, -0.1) is 0 Å². The zero-order chi connectivity index (χ0) is 29.2. The van der Waals surface area contributed by atoms with Crippen molar-refractivity contribution in [1.82, 2.24) is 20.1 Å². The van der Waals surface area contributed by atoms with E-state index in [9.17, 15) is 14.4 Å². The van der Waals surface area contributed by atoms with E-state index >= 15 is 0 Å². The summed E-state index contributed by atoms with van der Waals surface area (Å²) in [5.41, 5.74) is 9.54. The molecule has 0 radical (unpaired) electrons. The fourth-order valence-electron chi connectivity index (χ4n) is 3.55. The molecule has 0 saturated carbocycles. The molecule has 4 aromatic rings. The Morgan fingerprint density at radius 1 is 1.05 bits per heavy atom. The number of hydrogen-bond acceptors (Lipinski definition) is 5. The smallest absolute Gasteiger partial charge is 0.256 e. The Bertz CT molecular complexity index is 1480. The van der Waals surface area contributed by atoms with Gasteiger partial charge in [0.05, 0.1) is 27.0 Å². The second kappa shape index (κ2) is 14.3. The van der Waals surface area contributed by atoms with Crippen molar-refractivity contribution in [3.8, 4) is 11.3 Å². The zero-order valence-electron chi connectivity index (χ0n) is 22.3. The van der Waals surface area contributed by atoms with Gasteiger partial charge in [0.15, 0.2) is 0 Å². The summed E-state index contributed by atoms with van der Waals surface area (Å²) in [6.45, 7) is 3.52. The molecule has 208 valence electrons. The molecule has 4 rings (SSSR count). The van der Waals surface area contributed by atoms with Gasteiger partial charge in [0, 0.05) is 37.1 Å². The van der Waals surface area contributed by atoms with Gasteiger partial charge < -0.3 is 16.0 Å². The maximum atomic E-state index is 12.8. The van der Waals surface area contributed by atoms with E-state index in [-0.39, 0.29) is 17.9 Å². The zero-order valence-corrected chi connectivity index (χ0v) is 23.8. The highest BCUT2D eigenvalue weighted by Gasteiger charge is 2.23. The summed E-state index contributed by atoms with van der Waals surface area (Å²) < 4.78 is 0. The highest BCUT2D eigenvalue weighted by Crippen LogP contribution is 2.22.